The van der Waals surface area contributed by atoms with E-state index in [2.05, 4.69) is 20.5 Å². The van der Waals surface area contributed by atoms with Gasteiger partial charge in [0.15, 0.2) is 0 Å². The lowest BCUT2D eigenvalue weighted by atomic mass is 10.0. The maximum absolute atomic E-state index is 13.7. The van der Waals surface area contributed by atoms with Crippen molar-refractivity contribution in [1.82, 2.24) is 24.5 Å². The van der Waals surface area contributed by atoms with E-state index < -0.39 is 23.9 Å². The van der Waals surface area contributed by atoms with Gasteiger partial charge in [-0.25, -0.2) is 13.8 Å². The normalized spacial score (nSPS) is 11.5. The van der Waals surface area contributed by atoms with E-state index >= 15 is 0 Å². The lowest BCUT2D eigenvalue weighted by Gasteiger charge is -2.11. The van der Waals surface area contributed by atoms with E-state index in [4.69, 9.17) is 17.3 Å². The Morgan fingerprint density at radius 1 is 1.24 bits per heavy atom. The van der Waals surface area contributed by atoms with Crippen LogP contribution in [0.3, 0.4) is 0 Å². The Hall–Kier alpha value is -3.38. The number of aryl methyl sites for hydroxylation is 4. The van der Waals surface area contributed by atoms with Gasteiger partial charge in [0.2, 0.25) is 0 Å². The summed E-state index contributed by atoms with van der Waals surface area (Å²) in [7, 11) is 1.55. The number of carbonyl (C=O) groups excluding carboxylic acids is 2. The number of thiophene rings is 1. The molecule has 0 unspecified atom stereocenters. The van der Waals surface area contributed by atoms with Crippen LogP contribution in [0.4, 0.5) is 14.5 Å². The van der Waals surface area contributed by atoms with Gasteiger partial charge in [-0.05, 0) is 32.4 Å². The second-order valence-electron chi connectivity index (χ2n) is 7.56. The lowest BCUT2D eigenvalue weighted by molar-refractivity contribution is 0.100. The molecule has 0 saturated carbocycles. The fourth-order valence-corrected chi connectivity index (χ4v) is 4.99. The van der Waals surface area contributed by atoms with Gasteiger partial charge in [-0.1, -0.05) is 11.6 Å². The van der Waals surface area contributed by atoms with E-state index in [1.807, 2.05) is 6.92 Å². The van der Waals surface area contributed by atoms with Gasteiger partial charge in [-0.2, -0.15) is 10.2 Å². The van der Waals surface area contributed by atoms with Gasteiger partial charge in [0.1, 0.15) is 21.1 Å². The first-order chi connectivity index (χ1) is 16.0. The Morgan fingerprint density at radius 3 is 2.47 bits per heavy atom. The zero-order valence-corrected chi connectivity index (χ0v) is 20.2. The van der Waals surface area contributed by atoms with E-state index in [9.17, 15) is 18.4 Å². The van der Waals surface area contributed by atoms with Crippen LogP contribution in [0.25, 0.3) is 21.3 Å². The highest BCUT2D eigenvalue weighted by molar-refractivity contribution is 7.21. The molecule has 4 aromatic rings. The number of nitrogens with zero attached hydrogens (tertiary/aromatic N) is 5. The largest absolute Gasteiger partial charge is 0.365 e. The first kappa shape index (κ1) is 23.8. The summed E-state index contributed by atoms with van der Waals surface area (Å²) < 4.78 is 30.4. The van der Waals surface area contributed by atoms with Crippen LogP contribution in [-0.2, 0) is 13.6 Å². The fourth-order valence-electron chi connectivity index (χ4n) is 3.73. The molecule has 0 spiro atoms. The van der Waals surface area contributed by atoms with Crippen LogP contribution in [-0.4, -0.2) is 36.4 Å². The van der Waals surface area contributed by atoms with Crippen LogP contribution >= 0.6 is 22.9 Å². The molecule has 0 aliphatic rings. The molecule has 0 aliphatic carbocycles. The van der Waals surface area contributed by atoms with Crippen LogP contribution in [0.15, 0.2) is 12.3 Å². The summed E-state index contributed by atoms with van der Waals surface area (Å²) in [5.41, 5.74) is 7.21. The maximum atomic E-state index is 13.7. The molecule has 0 fully saturated rings. The number of hydrogen-bond donors (Lipinski definition) is 2. The van der Waals surface area contributed by atoms with E-state index in [1.54, 1.807) is 31.8 Å². The molecule has 3 N–H and O–H groups in total. The molecular formula is C21H20ClF2N7O2S. The van der Waals surface area contributed by atoms with E-state index in [1.165, 1.54) is 10.7 Å². The maximum Gasteiger partial charge on any atom is 0.280 e. The van der Waals surface area contributed by atoms with Crippen molar-refractivity contribution in [2.24, 2.45) is 12.8 Å². The number of carbonyl (C=O) groups is 2. The first-order valence-electron chi connectivity index (χ1n) is 10.1. The predicted molar refractivity (Wildman–Crippen MR) is 126 cm³/mol. The zero-order valence-electron chi connectivity index (χ0n) is 18.6. The average Bonchev–Trinajstić information content (AvgIpc) is 3.40. The lowest BCUT2D eigenvalue weighted by Crippen LogP contribution is -2.19. The smallest absolute Gasteiger partial charge is 0.280 e. The van der Waals surface area contributed by atoms with Gasteiger partial charge >= 0.3 is 0 Å². The number of aromatic nitrogens is 5. The minimum Gasteiger partial charge on any atom is -0.365 e. The quantitative estimate of drug-likeness (QED) is 0.399. The molecule has 9 nitrogen and oxygen atoms in total. The number of primary amides is 1. The molecule has 4 heterocycles. The average molecular weight is 508 g/mol. The van der Waals surface area contributed by atoms with Crippen molar-refractivity contribution < 1.29 is 18.4 Å². The molecule has 0 aliphatic heterocycles. The van der Waals surface area contributed by atoms with Crippen molar-refractivity contribution in [3.63, 3.8) is 0 Å². The number of halogens is 3. The van der Waals surface area contributed by atoms with Gasteiger partial charge in [0.05, 0.1) is 22.1 Å². The van der Waals surface area contributed by atoms with Crippen LogP contribution in [0.1, 0.15) is 50.6 Å². The highest BCUT2D eigenvalue weighted by atomic mass is 35.5. The van der Waals surface area contributed by atoms with Crippen LogP contribution in [0.2, 0.25) is 5.02 Å². The number of pyridine rings is 1. The number of rotatable bonds is 6. The molecule has 0 saturated heterocycles. The van der Waals surface area contributed by atoms with Gasteiger partial charge in [-0.3, -0.25) is 19.0 Å². The minimum atomic E-state index is -2.85. The molecule has 0 radical (unpaired) electrons. The summed E-state index contributed by atoms with van der Waals surface area (Å²) in [6, 6.07) is 1.24. The van der Waals surface area contributed by atoms with Gasteiger partial charge in [-0.15, -0.1) is 11.3 Å². The second-order valence-corrected chi connectivity index (χ2v) is 8.93. The third kappa shape index (κ3) is 3.92. The van der Waals surface area contributed by atoms with E-state index in [0.717, 1.165) is 11.3 Å². The fraction of sp³-hybridized carbons (Fsp3) is 0.286. The summed E-state index contributed by atoms with van der Waals surface area (Å²) in [6.45, 7) is 5.85. The number of nitrogens with one attached hydrogen (secondary N) is 1. The van der Waals surface area contributed by atoms with Crippen LogP contribution in [0, 0.1) is 13.8 Å². The number of hydrogen-bond acceptors (Lipinski definition) is 6. The van der Waals surface area contributed by atoms with Gasteiger partial charge < -0.3 is 11.1 Å². The Kier molecular flexibility index (Phi) is 6.13. The van der Waals surface area contributed by atoms with Crippen LogP contribution in [0.5, 0.6) is 0 Å². The predicted octanol–water partition coefficient (Wildman–Crippen LogP) is 4.47. The monoisotopic (exact) mass is 507 g/mol. The molecule has 34 heavy (non-hydrogen) atoms. The van der Waals surface area contributed by atoms with Gasteiger partial charge in [0, 0.05) is 30.7 Å². The first-order valence-corrected chi connectivity index (χ1v) is 11.3. The van der Waals surface area contributed by atoms with Crippen LogP contribution < -0.4 is 11.1 Å². The second kappa shape index (κ2) is 8.76. The van der Waals surface area contributed by atoms with Crippen molar-refractivity contribution in [3.8, 4) is 11.1 Å². The summed E-state index contributed by atoms with van der Waals surface area (Å²) in [4.78, 5) is 29.6. The van der Waals surface area contributed by atoms with Crippen molar-refractivity contribution in [2.75, 3.05) is 5.32 Å². The summed E-state index contributed by atoms with van der Waals surface area (Å²) >= 11 is 7.08. The highest BCUT2D eigenvalue weighted by Crippen LogP contribution is 2.43. The Labute approximate surface area is 201 Å². The molecular weight excluding hydrogens is 488 g/mol. The molecule has 178 valence electrons. The Morgan fingerprint density at radius 2 is 1.94 bits per heavy atom. The number of fused-ring (bicyclic) bond motifs is 1. The topological polar surface area (TPSA) is 121 Å². The molecule has 2 amide bonds. The highest BCUT2D eigenvalue weighted by Gasteiger charge is 2.28. The summed E-state index contributed by atoms with van der Waals surface area (Å²) in [5, 5.41) is 11.7. The third-order valence-corrected chi connectivity index (χ3v) is 6.84. The molecule has 13 heteroatoms. The molecule has 0 bridgehead atoms. The van der Waals surface area contributed by atoms with Crippen molar-refractivity contribution in [1.29, 1.82) is 0 Å². The number of amides is 2. The Balaban J connectivity index is 2.00. The SMILES string of the molecule is CCn1cc(-c2cc(C(F)F)nc3sc(C(N)=O)c(NC(=O)c4c(Cl)c(C)nn4C)c23)c(C)n1. The molecule has 0 aromatic carbocycles. The molecule has 0 atom stereocenters. The van der Waals surface area contributed by atoms with Crippen molar-refractivity contribution in [3.05, 3.63) is 44.9 Å². The van der Waals surface area contributed by atoms with E-state index in [-0.39, 0.29) is 26.1 Å². The summed E-state index contributed by atoms with van der Waals surface area (Å²) in [5.74, 6) is -1.48. The number of anilines is 1. The van der Waals surface area contributed by atoms with E-state index in [0.29, 0.717) is 34.4 Å². The zero-order chi connectivity index (χ0) is 24.9. The number of alkyl halides is 2. The van der Waals surface area contributed by atoms with Gasteiger partial charge in [0.25, 0.3) is 18.2 Å². The van der Waals surface area contributed by atoms with Crippen molar-refractivity contribution in [2.45, 2.75) is 33.7 Å². The minimum absolute atomic E-state index is 0.0286. The van der Waals surface area contributed by atoms with Crippen molar-refractivity contribution >= 4 is 50.7 Å². The standard InChI is InChI=1S/C21H20ClF2N7O2S/c1-5-31-7-11(8(2)29-31)10-6-12(18(23)24)26-21-13(10)15(17(34-21)19(25)32)27-20(33)16-14(22)9(3)28-30(16)4/h6-7,18H,5H2,1-4H3,(H2,25,32)(H,27,33). The molecule has 4 rings (SSSR count). The summed E-state index contributed by atoms with van der Waals surface area (Å²) in [6.07, 6.45) is -1.13. The number of nitrogens with two attached hydrogens (primary N) is 1. The molecule has 4 aromatic heterocycles. The Bertz CT molecular complexity index is 1460. The third-order valence-electron chi connectivity index (χ3n) is 5.29.